The maximum Gasteiger partial charge on any atom is 0.312 e. The summed E-state index contributed by atoms with van der Waals surface area (Å²) < 4.78 is 24.6. The first-order valence-electron chi connectivity index (χ1n) is 8.32. The van der Waals surface area contributed by atoms with Crippen molar-refractivity contribution in [1.29, 1.82) is 0 Å². The second kappa shape index (κ2) is 6.76. The summed E-state index contributed by atoms with van der Waals surface area (Å²) in [4.78, 5) is 26.1. The molecule has 2 aliphatic heterocycles. The number of hydrogen-bond donors (Lipinski definition) is 1. The highest BCUT2D eigenvalue weighted by Crippen LogP contribution is 2.31. The Bertz CT molecular complexity index is 784. The monoisotopic (exact) mass is 366 g/mol. The number of carbonyl (C=O) groups is 2. The summed E-state index contributed by atoms with van der Waals surface area (Å²) in [5.74, 6) is -1.98. The van der Waals surface area contributed by atoms with E-state index in [0.717, 1.165) is 11.1 Å². The van der Waals surface area contributed by atoms with E-state index in [2.05, 4.69) is 0 Å². The van der Waals surface area contributed by atoms with Crippen LogP contribution in [-0.4, -0.2) is 60.5 Å². The van der Waals surface area contributed by atoms with Crippen molar-refractivity contribution >= 4 is 21.9 Å². The molecule has 136 valence electrons. The lowest BCUT2D eigenvalue weighted by Gasteiger charge is -2.37. The van der Waals surface area contributed by atoms with E-state index in [9.17, 15) is 23.1 Å². The number of amides is 1. The molecule has 0 saturated carbocycles. The molecular formula is C17H22N2O5S. The second-order valence-electron chi connectivity index (χ2n) is 6.74. The molecule has 0 aromatic heterocycles. The lowest BCUT2D eigenvalue weighted by Crippen LogP contribution is -2.47. The number of sulfonamides is 1. The normalized spacial score (nSPS) is 22.4. The fraction of sp³-hybridized carbons (Fsp3) is 0.529. The number of aliphatic carboxylic acids is 1. The predicted octanol–water partition coefficient (Wildman–Crippen LogP) is 0.869. The summed E-state index contributed by atoms with van der Waals surface area (Å²) in [5.41, 5.74) is 1.63. The Balaban J connectivity index is 1.73. The average molecular weight is 366 g/mol. The second-order valence-corrected chi connectivity index (χ2v) is 8.73. The Hall–Kier alpha value is -1.93. The third kappa shape index (κ3) is 3.69. The van der Waals surface area contributed by atoms with Crippen LogP contribution in [0, 0.1) is 5.92 Å². The highest BCUT2D eigenvalue weighted by molar-refractivity contribution is 7.88. The van der Waals surface area contributed by atoms with E-state index in [4.69, 9.17) is 0 Å². The van der Waals surface area contributed by atoms with E-state index >= 15 is 0 Å². The van der Waals surface area contributed by atoms with Crippen LogP contribution in [0.3, 0.4) is 0 Å². The van der Waals surface area contributed by atoms with Crippen molar-refractivity contribution in [2.24, 2.45) is 5.92 Å². The molecule has 0 aliphatic carbocycles. The van der Waals surface area contributed by atoms with E-state index < -0.39 is 21.9 Å². The SMILES string of the molecule is CS(=O)(=O)N1CCC(C(=O)N2Cc3ccccc3C(C(=O)O)C2)CC1. The molecule has 0 bridgehead atoms. The van der Waals surface area contributed by atoms with E-state index in [-0.39, 0.29) is 18.4 Å². The Morgan fingerprint density at radius 1 is 1.16 bits per heavy atom. The number of carboxylic acids is 1. The van der Waals surface area contributed by atoms with E-state index in [1.54, 1.807) is 11.0 Å². The van der Waals surface area contributed by atoms with Crippen molar-refractivity contribution in [2.75, 3.05) is 25.9 Å². The summed E-state index contributed by atoms with van der Waals surface area (Å²) in [7, 11) is -3.23. The average Bonchev–Trinajstić information content (AvgIpc) is 2.59. The molecule has 8 heteroatoms. The van der Waals surface area contributed by atoms with Crippen LogP contribution < -0.4 is 0 Å². The molecular weight excluding hydrogens is 344 g/mol. The lowest BCUT2D eigenvalue weighted by molar-refractivity contribution is -0.143. The van der Waals surface area contributed by atoms with Crippen LogP contribution in [0.25, 0.3) is 0 Å². The van der Waals surface area contributed by atoms with Crippen LogP contribution in [-0.2, 0) is 26.2 Å². The quantitative estimate of drug-likeness (QED) is 0.856. The van der Waals surface area contributed by atoms with Gasteiger partial charge in [-0.05, 0) is 24.0 Å². The highest BCUT2D eigenvalue weighted by Gasteiger charge is 2.36. The number of fused-ring (bicyclic) bond motifs is 1. The van der Waals surface area contributed by atoms with Crippen molar-refractivity contribution < 1.29 is 23.1 Å². The minimum Gasteiger partial charge on any atom is -0.481 e. The minimum absolute atomic E-state index is 0.0751. The van der Waals surface area contributed by atoms with Gasteiger partial charge in [0.25, 0.3) is 0 Å². The van der Waals surface area contributed by atoms with Crippen molar-refractivity contribution in [3.8, 4) is 0 Å². The van der Waals surface area contributed by atoms with Gasteiger partial charge in [0.05, 0.1) is 12.2 Å². The first kappa shape index (κ1) is 17.9. The Morgan fingerprint density at radius 3 is 2.40 bits per heavy atom. The van der Waals surface area contributed by atoms with Gasteiger partial charge in [-0.3, -0.25) is 9.59 Å². The molecule has 2 heterocycles. The van der Waals surface area contributed by atoms with Gasteiger partial charge in [-0.15, -0.1) is 0 Å². The molecule has 1 fully saturated rings. The van der Waals surface area contributed by atoms with Crippen molar-refractivity contribution in [2.45, 2.75) is 25.3 Å². The van der Waals surface area contributed by atoms with Gasteiger partial charge in [0, 0.05) is 32.1 Å². The topological polar surface area (TPSA) is 95.0 Å². The molecule has 1 aromatic carbocycles. The molecule has 1 unspecified atom stereocenters. The summed E-state index contributed by atoms with van der Waals surface area (Å²) in [6.45, 7) is 1.24. The third-order valence-electron chi connectivity index (χ3n) is 5.08. The summed E-state index contributed by atoms with van der Waals surface area (Å²) >= 11 is 0. The van der Waals surface area contributed by atoms with Gasteiger partial charge in [0.15, 0.2) is 0 Å². The van der Waals surface area contributed by atoms with Crippen LogP contribution >= 0.6 is 0 Å². The smallest absolute Gasteiger partial charge is 0.312 e. The predicted molar refractivity (Wildman–Crippen MR) is 91.4 cm³/mol. The largest absolute Gasteiger partial charge is 0.481 e. The zero-order valence-corrected chi connectivity index (χ0v) is 14.9. The van der Waals surface area contributed by atoms with Gasteiger partial charge in [0.2, 0.25) is 15.9 Å². The Morgan fingerprint density at radius 2 is 1.80 bits per heavy atom. The van der Waals surface area contributed by atoms with E-state index in [0.29, 0.717) is 32.5 Å². The zero-order chi connectivity index (χ0) is 18.2. The molecule has 3 rings (SSSR count). The van der Waals surface area contributed by atoms with Crippen molar-refractivity contribution in [3.63, 3.8) is 0 Å². The third-order valence-corrected chi connectivity index (χ3v) is 6.38. The van der Waals surface area contributed by atoms with E-state index in [1.807, 2.05) is 18.2 Å². The Labute approximate surface area is 147 Å². The first-order valence-corrected chi connectivity index (χ1v) is 10.2. The van der Waals surface area contributed by atoms with Gasteiger partial charge in [-0.2, -0.15) is 0 Å². The van der Waals surface area contributed by atoms with Crippen molar-refractivity contribution in [3.05, 3.63) is 35.4 Å². The maximum atomic E-state index is 12.9. The summed E-state index contributed by atoms with van der Waals surface area (Å²) in [5, 5.41) is 9.51. The van der Waals surface area contributed by atoms with Crippen LogP contribution in [0.15, 0.2) is 24.3 Å². The van der Waals surface area contributed by atoms with Gasteiger partial charge in [0.1, 0.15) is 0 Å². The highest BCUT2D eigenvalue weighted by atomic mass is 32.2. The van der Waals surface area contributed by atoms with Crippen LogP contribution in [0.5, 0.6) is 0 Å². The Kier molecular flexibility index (Phi) is 4.83. The van der Waals surface area contributed by atoms with Crippen LogP contribution in [0.4, 0.5) is 0 Å². The summed E-state index contributed by atoms with van der Waals surface area (Å²) in [6.07, 6.45) is 2.12. The molecule has 1 atom stereocenters. The fourth-order valence-electron chi connectivity index (χ4n) is 3.68. The number of rotatable bonds is 3. The summed E-state index contributed by atoms with van der Waals surface area (Å²) in [6, 6.07) is 7.32. The number of nitrogens with zero attached hydrogens (tertiary/aromatic N) is 2. The number of hydrogen-bond acceptors (Lipinski definition) is 4. The van der Waals surface area contributed by atoms with Gasteiger partial charge in [-0.25, -0.2) is 12.7 Å². The van der Waals surface area contributed by atoms with Crippen LogP contribution in [0.1, 0.15) is 29.9 Å². The number of carbonyl (C=O) groups excluding carboxylic acids is 1. The number of carboxylic acid groups (broad SMARTS) is 1. The minimum atomic E-state index is -3.23. The molecule has 0 spiro atoms. The standard InChI is InChI=1S/C17H22N2O5S/c1-25(23,24)19-8-6-12(7-9-19)16(20)18-10-13-4-2-3-5-14(13)15(11-18)17(21)22/h2-5,12,15H,6-11H2,1H3,(H,21,22). The van der Waals surface area contributed by atoms with Gasteiger partial charge >= 0.3 is 5.97 Å². The molecule has 7 nitrogen and oxygen atoms in total. The first-order chi connectivity index (χ1) is 11.8. The maximum absolute atomic E-state index is 12.9. The van der Waals surface area contributed by atoms with Crippen LogP contribution in [0.2, 0.25) is 0 Å². The molecule has 1 saturated heterocycles. The van der Waals surface area contributed by atoms with E-state index in [1.165, 1.54) is 10.6 Å². The molecule has 25 heavy (non-hydrogen) atoms. The lowest BCUT2D eigenvalue weighted by atomic mass is 9.88. The molecule has 0 radical (unpaired) electrons. The molecule has 1 N–H and O–H groups in total. The molecule has 1 aromatic rings. The molecule has 2 aliphatic rings. The zero-order valence-electron chi connectivity index (χ0n) is 14.1. The van der Waals surface area contributed by atoms with Crippen molar-refractivity contribution in [1.82, 2.24) is 9.21 Å². The molecule has 1 amide bonds. The fourth-order valence-corrected chi connectivity index (χ4v) is 4.55. The number of benzene rings is 1. The number of piperidine rings is 1. The van der Waals surface area contributed by atoms with Gasteiger partial charge in [-0.1, -0.05) is 24.3 Å². The van der Waals surface area contributed by atoms with Gasteiger partial charge < -0.3 is 10.0 Å².